The molecule has 27 heavy (non-hydrogen) atoms. The maximum absolute atomic E-state index is 6.03. The van der Waals surface area contributed by atoms with Crippen LogP contribution in [-0.4, -0.2) is 44.7 Å². The molecule has 1 saturated heterocycles. The number of methoxy groups -OCH3 is 1. The Labute approximate surface area is 165 Å². The number of likely N-dealkylation sites (tertiary alicyclic amines) is 1. The lowest BCUT2D eigenvalue weighted by Gasteiger charge is -2.26. The molecule has 2 aromatic rings. The van der Waals surface area contributed by atoms with Crippen molar-refractivity contribution >= 4 is 17.6 Å². The third kappa shape index (κ3) is 5.17. The Kier molecular flexibility index (Phi) is 7.01. The lowest BCUT2D eigenvalue weighted by Crippen LogP contribution is -2.42. The average Bonchev–Trinajstić information content (AvgIpc) is 3.39. The smallest absolute Gasteiger partial charge is 0.191 e. The third-order valence-corrected chi connectivity index (χ3v) is 5.07. The van der Waals surface area contributed by atoms with Gasteiger partial charge >= 0.3 is 0 Å². The standard InChI is InChI=1S/C20H27ClN4O2/c1-22-20(23-13-15-7-8-16(21)12-19(15)26-2)24-14-17(18-6-5-11-27-18)25-9-3-4-10-25/h5-8,11-12,17H,3-4,9-10,13-14H2,1-2H3,(H2,22,23,24). The van der Waals surface area contributed by atoms with E-state index in [1.165, 1.54) is 12.8 Å². The highest BCUT2D eigenvalue weighted by atomic mass is 35.5. The molecule has 1 aromatic heterocycles. The Balaban J connectivity index is 1.59. The molecule has 1 aromatic carbocycles. The molecule has 1 fully saturated rings. The zero-order valence-electron chi connectivity index (χ0n) is 15.9. The second kappa shape index (κ2) is 9.67. The van der Waals surface area contributed by atoms with Gasteiger partial charge in [0.05, 0.1) is 19.4 Å². The van der Waals surface area contributed by atoms with Gasteiger partial charge in [0, 0.05) is 30.7 Å². The summed E-state index contributed by atoms with van der Waals surface area (Å²) in [5.74, 6) is 2.48. The van der Waals surface area contributed by atoms with E-state index in [9.17, 15) is 0 Å². The summed E-state index contributed by atoms with van der Waals surface area (Å²) in [6.07, 6.45) is 4.21. The fraction of sp³-hybridized carbons (Fsp3) is 0.450. The van der Waals surface area contributed by atoms with Gasteiger partial charge < -0.3 is 19.8 Å². The maximum Gasteiger partial charge on any atom is 0.191 e. The Hall–Kier alpha value is -2.18. The molecule has 2 N–H and O–H groups in total. The monoisotopic (exact) mass is 390 g/mol. The van der Waals surface area contributed by atoms with Crippen LogP contribution in [0.25, 0.3) is 0 Å². The Morgan fingerprint density at radius 1 is 1.30 bits per heavy atom. The minimum absolute atomic E-state index is 0.200. The molecule has 0 saturated carbocycles. The number of furan rings is 1. The number of nitrogens with one attached hydrogen (secondary N) is 2. The van der Waals surface area contributed by atoms with Crippen LogP contribution in [-0.2, 0) is 6.54 Å². The number of rotatable bonds is 7. The van der Waals surface area contributed by atoms with E-state index in [0.29, 0.717) is 11.6 Å². The van der Waals surface area contributed by atoms with Crippen LogP contribution in [0, 0.1) is 0 Å². The number of halogens is 1. The number of aliphatic imine (C=N–C) groups is 1. The first-order valence-electron chi connectivity index (χ1n) is 9.25. The van der Waals surface area contributed by atoms with Gasteiger partial charge in [-0.1, -0.05) is 17.7 Å². The van der Waals surface area contributed by atoms with Crippen LogP contribution in [0.4, 0.5) is 0 Å². The molecule has 0 spiro atoms. The average molecular weight is 391 g/mol. The highest BCUT2D eigenvalue weighted by Crippen LogP contribution is 2.25. The molecule has 0 amide bonds. The van der Waals surface area contributed by atoms with Crippen LogP contribution in [0.5, 0.6) is 5.75 Å². The summed E-state index contributed by atoms with van der Waals surface area (Å²) < 4.78 is 11.1. The van der Waals surface area contributed by atoms with E-state index in [1.807, 2.05) is 30.3 Å². The molecule has 1 aliphatic rings. The van der Waals surface area contributed by atoms with Crippen molar-refractivity contribution < 1.29 is 9.15 Å². The topological polar surface area (TPSA) is 62.0 Å². The van der Waals surface area contributed by atoms with Gasteiger partial charge in [-0.25, -0.2) is 0 Å². The Morgan fingerprint density at radius 3 is 2.78 bits per heavy atom. The maximum atomic E-state index is 6.03. The second-order valence-electron chi connectivity index (χ2n) is 6.54. The fourth-order valence-electron chi connectivity index (χ4n) is 3.40. The lowest BCUT2D eigenvalue weighted by molar-refractivity contribution is 0.215. The molecule has 6 nitrogen and oxygen atoms in total. The first-order valence-corrected chi connectivity index (χ1v) is 9.63. The van der Waals surface area contributed by atoms with E-state index in [-0.39, 0.29) is 6.04 Å². The molecule has 0 bridgehead atoms. The van der Waals surface area contributed by atoms with Crippen molar-refractivity contribution in [2.75, 3.05) is 33.8 Å². The summed E-state index contributed by atoms with van der Waals surface area (Å²) in [5.41, 5.74) is 1.02. The summed E-state index contributed by atoms with van der Waals surface area (Å²) in [7, 11) is 3.42. The van der Waals surface area contributed by atoms with Gasteiger partial charge in [-0.3, -0.25) is 9.89 Å². The minimum atomic E-state index is 0.200. The molecule has 146 valence electrons. The van der Waals surface area contributed by atoms with Crippen molar-refractivity contribution in [3.05, 3.63) is 52.9 Å². The van der Waals surface area contributed by atoms with Crippen LogP contribution in [0.1, 0.15) is 30.2 Å². The van der Waals surface area contributed by atoms with Crippen LogP contribution in [0.15, 0.2) is 46.0 Å². The highest BCUT2D eigenvalue weighted by Gasteiger charge is 2.25. The molecular formula is C20H27ClN4O2. The predicted molar refractivity (Wildman–Crippen MR) is 108 cm³/mol. The largest absolute Gasteiger partial charge is 0.496 e. The molecule has 1 aliphatic heterocycles. The summed E-state index contributed by atoms with van der Waals surface area (Å²) >= 11 is 6.03. The van der Waals surface area contributed by atoms with Crippen molar-refractivity contribution in [2.24, 2.45) is 4.99 Å². The van der Waals surface area contributed by atoms with E-state index < -0.39 is 0 Å². The minimum Gasteiger partial charge on any atom is -0.496 e. The van der Waals surface area contributed by atoms with Crippen molar-refractivity contribution in [3.63, 3.8) is 0 Å². The molecule has 1 unspecified atom stereocenters. The Morgan fingerprint density at radius 2 is 2.11 bits per heavy atom. The van der Waals surface area contributed by atoms with E-state index in [1.54, 1.807) is 20.4 Å². The predicted octanol–water partition coefficient (Wildman–Crippen LogP) is 3.44. The molecule has 3 rings (SSSR count). The Bertz CT molecular complexity index is 742. The first kappa shape index (κ1) is 19.6. The number of ether oxygens (including phenoxy) is 1. The second-order valence-corrected chi connectivity index (χ2v) is 6.97. The van der Waals surface area contributed by atoms with E-state index in [4.69, 9.17) is 20.8 Å². The zero-order valence-corrected chi connectivity index (χ0v) is 16.6. The highest BCUT2D eigenvalue weighted by molar-refractivity contribution is 6.30. The van der Waals surface area contributed by atoms with Crippen LogP contribution < -0.4 is 15.4 Å². The quantitative estimate of drug-likeness (QED) is 0.560. The molecule has 2 heterocycles. The van der Waals surface area contributed by atoms with Gasteiger partial charge in [0.25, 0.3) is 0 Å². The van der Waals surface area contributed by atoms with E-state index in [0.717, 1.165) is 42.7 Å². The van der Waals surface area contributed by atoms with E-state index in [2.05, 4.69) is 20.5 Å². The van der Waals surface area contributed by atoms with Crippen LogP contribution in [0.3, 0.4) is 0 Å². The molecule has 1 atom stereocenters. The lowest BCUT2D eigenvalue weighted by atomic mass is 10.2. The van der Waals surface area contributed by atoms with Crippen molar-refractivity contribution in [2.45, 2.75) is 25.4 Å². The normalized spacial score (nSPS) is 16.3. The van der Waals surface area contributed by atoms with Gasteiger partial charge in [-0.05, 0) is 50.2 Å². The number of hydrogen-bond donors (Lipinski definition) is 2. The van der Waals surface area contributed by atoms with Gasteiger partial charge in [0.2, 0.25) is 0 Å². The summed E-state index contributed by atoms with van der Waals surface area (Å²) in [5, 5.41) is 7.42. The van der Waals surface area contributed by atoms with Crippen molar-refractivity contribution in [1.82, 2.24) is 15.5 Å². The summed E-state index contributed by atoms with van der Waals surface area (Å²) in [6, 6.07) is 9.81. The van der Waals surface area contributed by atoms with E-state index >= 15 is 0 Å². The van der Waals surface area contributed by atoms with Crippen LogP contribution >= 0.6 is 11.6 Å². The SMILES string of the molecule is CN=C(NCc1ccc(Cl)cc1OC)NCC(c1ccco1)N1CCCC1. The van der Waals surface area contributed by atoms with Gasteiger partial charge in [-0.2, -0.15) is 0 Å². The number of guanidine groups is 1. The van der Waals surface area contributed by atoms with Crippen molar-refractivity contribution in [3.8, 4) is 5.75 Å². The number of nitrogens with zero attached hydrogens (tertiary/aromatic N) is 2. The number of hydrogen-bond acceptors (Lipinski definition) is 4. The molecule has 7 heteroatoms. The summed E-state index contributed by atoms with van der Waals surface area (Å²) in [6.45, 7) is 3.52. The van der Waals surface area contributed by atoms with Gasteiger partial charge in [0.15, 0.2) is 5.96 Å². The molecule has 0 radical (unpaired) electrons. The zero-order chi connectivity index (χ0) is 19.1. The third-order valence-electron chi connectivity index (χ3n) is 4.83. The molecular weight excluding hydrogens is 364 g/mol. The van der Waals surface area contributed by atoms with Gasteiger partial charge in [-0.15, -0.1) is 0 Å². The van der Waals surface area contributed by atoms with Crippen LogP contribution in [0.2, 0.25) is 5.02 Å². The first-order chi connectivity index (χ1) is 13.2. The van der Waals surface area contributed by atoms with Crippen molar-refractivity contribution in [1.29, 1.82) is 0 Å². The van der Waals surface area contributed by atoms with Gasteiger partial charge in [0.1, 0.15) is 11.5 Å². The molecule has 0 aliphatic carbocycles. The summed E-state index contributed by atoms with van der Waals surface area (Å²) in [4.78, 5) is 6.79. The number of benzene rings is 1. The fourth-order valence-corrected chi connectivity index (χ4v) is 3.56.